The van der Waals surface area contributed by atoms with E-state index in [0.29, 0.717) is 0 Å². The molecule has 3 nitrogen and oxygen atoms in total. The molecule has 110 valence electrons. The first kappa shape index (κ1) is 15.7. The first-order chi connectivity index (χ1) is 9.58. The normalized spacial score (nSPS) is 20.9. The Labute approximate surface area is 129 Å². The highest BCUT2D eigenvalue weighted by molar-refractivity contribution is 9.10. The minimum atomic E-state index is -0.123. The van der Waals surface area contributed by atoms with E-state index in [1.807, 2.05) is 38.2 Å². The summed E-state index contributed by atoms with van der Waals surface area (Å²) < 4.78 is 6.73. The monoisotopic (exact) mass is 339 g/mol. The molecule has 1 saturated heterocycles. The quantitative estimate of drug-likeness (QED) is 0.768. The van der Waals surface area contributed by atoms with Crippen LogP contribution in [0, 0.1) is 0 Å². The molecule has 2 atom stereocenters. The van der Waals surface area contributed by atoms with E-state index in [0.717, 1.165) is 36.0 Å². The molecule has 0 aliphatic carbocycles. The average molecular weight is 340 g/mol. The van der Waals surface area contributed by atoms with Crippen molar-refractivity contribution >= 4 is 21.7 Å². The van der Waals surface area contributed by atoms with Crippen LogP contribution in [0.15, 0.2) is 28.7 Å². The van der Waals surface area contributed by atoms with Crippen LogP contribution in [0.2, 0.25) is 0 Å². The first-order valence-electron chi connectivity index (χ1n) is 7.19. The lowest BCUT2D eigenvalue weighted by atomic mass is 10.0. The second-order valence-electron chi connectivity index (χ2n) is 5.48. The molecule has 0 spiro atoms. The number of carbonyl (C=O) groups excluding carboxylic acids is 1. The van der Waals surface area contributed by atoms with Gasteiger partial charge in [0.1, 0.15) is 0 Å². The Morgan fingerprint density at radius 1 is 1.40 bits per heavy atom. The largest absolute Gasteiger partial charge is 0.377 e. The number of benzene rings is 1. The number of rotatable bonds is 5. The highest BCUT2D eigenvalue weighted by Crippen LogP contribution is 2.17. The second kappa shape index (κ2) is 7.34. The number of ketones is 1. The van der Waals surface area contributed by atoms with E-state index in [9.17, 15) is 4.79 Å². The Morgan fingerprint density at radius 3 is 2.70 bits per heavy atom. The standard InChI is InChI=1S/C16H22BrNO2/c1-12(16(19)13-6-8-14(17)9-7-13)18(2)11-15-5-3-4-10-20-15/h6-9,12,15H,3-5,10-11H2,1-2H3. The number of ether oxygens (including phenoxy) is 1. The molecule has 0 saturated carbocycles. The molecule has 0 amide bonds. The summed E-state index contributed by atoms with van der Waals surface area (Å²) in [5, 5.41) is 0. The summed E-state index contributed by atoms with van der Waals surface area (Å²) in [6.45, 7) is 3.64. The molecule has 2 unspecified atom stereocenters. The number of hydrogen-bond donors (Lipinski definition) is 0. The summed E-state index contributed by atoms with van der Waals surface area (Å²) in [6.07, 6.45) is 3.76. The third-order valence-corrected chi connectivity index (χ3v) is 4.46. The Kier molecular flexibility index (Phi) is 5.75. The van der Waals surface area contributed by atoms with Crippen molar-refractivity contribution in [3.05, 3.63) is 34.3 Å². The molecule has 2 rings (SSSR count). The van der Waals surface area contributed by atoms with Crippen LogP contribution in [0.3, 0.4) is 0 Å². The maximum Gasteiger partial charge on any atom is 0.179 e. The van der Waals surface area contributed by atoms with Crippen LogP contribution < -0.4 is 0 Å². The maximum absolute atomic E-state index is 12.4. The zero-order valence-electron chi connectivity index (χ0n) is 12.1. The van der Waals surface area contributed by atoms with Gasteiger partial charge < -0.3 is 4.74 Å². The predicted molar refractivity (Wildman–Crippen MR) is 84.2 cm³/mol. The molecule has 1 aromatic carbocycles. The van der Waals surface area contributed by atoms with E-state index in [-0.39, 0.29) is 17.9 Å². The van der Waals surface area contributed by atoms with Gasteiger partial charge in [-0.1, -0.05) is 28.1 Å². The molecule has 0 aromatic heterocycles. The van der Waals surface area contributed by atoms with E-state index in [1.54, 1.807) is 0 Å². The van der Waals surface area contributed by atoms with Crippen LogP contribution in [-0.4, -0.2) is 43.0 Å². The Balaban J connectivity index is 1.93. The molecule has 1 aromatic rings. The van der Waals surface area contributed by atoms with Crippen molar-refractivity contribution in [2.45, 2.75) is 38.3 Å². The van der Waals surface area contributed by atoms with Crippen LogP contribution in [0.5, 0.6) is 0 Å². The van der Waals surface area contributed by atoms with Gasteiger partial charge in [-0.05, 0) is 45.4 Å². The van der Waals surface area contributed by atoms with Gasteiger partial charge in [0.2, 0.25) is 0 Å². The van der Waals surface area contributed by atoms with Crippen LogP contribution in [0.4, 0.5) is 0 Å². The molecule has 1 fully saturated rings. The van der Waals surface area contributed by atoms with Crippen LogP contribution in [-0.2, 0) is 4.74 Å². The predicted octanol–water partition coefficient (Wildman–Crippen LogP) is 3.52. The fourth-order valence-electron chi connectivity index (χ4n) is 2.49. The van der Waals surface area contributed by atoms with Gasteiger partial charge in [-0.2, -0.15) is 0 Å². The van der Waals surface area contributed by atoms with Crippen molar-refractivity contribution in [2.75, 3.05) is 20.2 Å². The zero-order valence-corrected chi connectivity index (χ0v) is 13.7. The molecule has 4 heteroatoms. The fraction of sp³-hybridized carbons (Fsp3) is 0.562. The Bertz CT molecular complexity index is 440. The third kappa shape index (κ3) is 4.14. The van der Waals surface area contributed by atoms with E-state index < -0.39 is 0 Å². The summed E-state index contributed by atoms with van der Waals surface area (Å²) >= 11 is 3.39. The van der Waals surface area contributed by atoms with Crippen molar-refractivity contribution < 1.29 is 9.53 Å². The second-order valence-corrected chi connectivity index (χ2v) is 6.39. The SMILES string of the molecule is CC(C(=O)c1ccc(Br)cc1)N(C)CC1CCCCO1. The average Bonchev–Trinajstić information content (AvgIpc) is 2.47. The van der Waals surface area contributed by atoms with Gasteiger partial charge >= 0.3 is 0 Å². The van der Waals surface area contributed by atoms with E-state index in [1.165, 1.54) is 6.42 Å². The topological polar surface area (TPSA) is 29.5 Å². The van der Waals surface area contributed by atoms with Crippen molar-refractivity contribution in [3.63, 3.8) is 0 Å². The molecule has 1 heterocycles. The van der Waals surface area contributed by atoms with Crippen LogP contribution in [0.25, 0.3) is 0 Å². The van der Waals surface area contributed by atoms with Gasteiger partial charge in [-0.15, -0.1) is 0 Å². The van der Waals surface area contributed by atoms with Crippen molar-refractivity contribution in [1.82, 2.24) is 4.90 Å². The minimum Gasteiger partial charge on any atom is -0.377 e. The highest BCUT2D eigenvalue weighted by Gasteiger charge is 2.23. The molecule has 0 N–H and O–H groups in total. The number of Topliss-reactive ketones (excluding diaryl/α,β-unsaturated/α-hetero) is 1. The number of likely N-dealkylation sites (N-methyl/N-ethyl adjacent to an activating group) is 1. The summed E-state index contributed by atoms with van der Waals surface area (Å²) in [5.41, 5.74) is 0.761. The summed E-state index contributed by atoms with van der Waals surface area (Å²) in [7, 11) is 2.00. The lowest BCUT2D eigenvalue weighted by molar-refractivity contribution is -0.00577. The molecule has 0 radical (unpaired) electrons. The fourth-order valence-corrected chi connectivity index (χ4v) is 2.75. The highest BCUT2D eigenvalue weighted by atomic mass is 79.9. The summed E-state index contributed by atoms with van der Waals surface area (Å²) in [4.78, 5) is 14.5. The Hall–Kier alpha value is -0.710. The first-order valence-corrected chi connectivity index (χ1v) is 7.99. The number of nitrogens with zero attached hydrogens (tertiary/aromatic N) is 1. The number of halogens is 1. The molecular formula is C16H22BrNO2. The molecular weight excluding hydrogens is 318 g/mol. The van der Waals surface area contributed by atoms with Crippen molar-refractivity contribution in [3.8, 4) is 0 Å². The van der Waals surface area contributed by atoms with Gasteiger partial charge in [0.05, 0.1) is 12.1 Å². The lowest BCUT2D eigenvalue weighted by Gasteiger charge is -2.30. The van der Waals surface area contributed by atoms with Crippen molar-refractivity contribution in [1.29, 1.82) is 0 Å². The van der Waals surface area contributed by atoms with Gasteiger partial charge in [-0.25, -0.2) is 0 Å². The molecule has 0 bridgehead atoms. The number of hydrogen-bond acceptors (Lipinski definition) is 3. The zero-order chi connectivity index (χ0) is 14.5. The molecule has 1 aliphatic heterocycles. The van der Waals surface area contributed by atoms with Crippen LogP contribution >= 0.6 is 15.9 Å². The van der Waals surface area contributed by atoms with Gasteiger partial charge in [0.25, 0.3) is 0 Å². The Morgan fingerprint density at radius 2 is 2.10 bits per heavy atom. The molecule has 1 aliphatic rings. The van der Waals surface area contributed by atoms with Gasteiger partial charge in [-0.3, -0.25) is 9.69 Å². The maximum atomic E-state index is 12.4. The van der Waals surface area contributed by atoms with E-state index in [2.05, 4.69) is 20.8 Å². The van der Waals surface area contributed by atoms with Gasteiger partial charge in [0.15, 0.2) is 5.78 Å². The summed E-state index contributed by atoms with van der Waals surface area (Å²) in [5.74, 6) is 0.163. The molecule has 20 heavy (non-hydrogen) atoms. The number of carbonyl (C=O) groups is 1. The summed E-state index contributed by atoms with van der Waals surface area (Å²) in [6, 6.07) is 7.43. The minimum absolute atomic E-state index is 0.123. The van der Waals surface area contributed by atoms with Gasteiger partial charge in [0, 0.05) is 23.2 Å². The van der Waals surface area contributed by atoms with Crippen molar-refractivity contribution in [2.24, 2.45) is 0 Å². The lowest BCUT2D eigenvalue weighted by Crippen LogP contribution is -2.42. The van der Waals surface area contributed by atoms with E-state index >= 15 is 0 Å². The third-order valence-electron chi connectivity index (χ3n) is 3.93. The smallest absolute Gasteiger partial charge is 0.179 e. The van der Waals surface area contributed by atoms with Crippen LogP contribution in [0.1, 0.15) is 36.5 Å². The van der Waals surface area contributed by atoms with E-state index in [4.69, 9.17) is 4.74 Å².